The quantitative estimate of drug-likeness (QED) is 0.470. The van der Waals surface area contributed by atoms with Gasteiger partial charge in [0.15, 0.2) is 0 Å². The predicted octanol–water partition coefficient (Wildman–Crippen LogP) is 1.95. The summed E-state index contributed by atoms with van der Waals surface area (Å²) in [6.07, 6.45) is 6.32. The molecule has 0 amide bonds. The van der Waals surface area contributed by atoms with Crippen molar-refractivity contribution in [2.45, 2.75) is 18.8 Å². The third kappa shape index (κ3) is 3.39. The fourth-order valence-electron chi connectivity index (χ4n) is 3.00. The lowest BCUT2D eigenvalue weighted by atomic mass is 9.95. The molecule has 1 saturated heterocycles. The van der Waals surface area contributed by atoms with Crippen molar-refractivity contribution in [2.24, 2.45) is 0 Å². The van der Waals surface area contributed by atoms with Crippen molar-refractivity contribution in [3.8, 4) is 0 Å². The Kier molecular flexibility index (Phi) is 4.82. The normalized spacial score (nSPS) is 15.0. The summed E-state index contributed by atoms with van der Waals surface area (Å²) >= 11 is 0. The number of carbonyl (C=O) groups is 1. The Hall–Kier alpha value is -3.10. The molecule has 0 atom stereocenters. The van der Waals surface area contributed by atoms with Crippen LogP contribution < -0.4 is 4.90 Å². The number of aromatic nitrogens is 3. The SMILES string of the molecule is COC(=O)c1ccnc(N2CCC(c3ncccn3)CC2)c1[N+](=O)[O-]. The van der Waals surface area contributed by atoms with Gasteiger partial charge in [-0.3, -0.25) is 10.1 Å². The van der Waals surface area contributed by atoms with E-state index in [9.17, 15) is 14.9 Å². The molecule has 1 aliphatic heterocycles. The fourth-order valence-corrected chi connectivity index (χ4v) is 3.00. The first kappa shape index (κ1) is 16.7. The summed E-state index contributed by atoms with van der Waals surface area (Å²) in [6, 6.07) is 3.07. The van der Waals surface area contributed by atoms with E-state index in [4.69, 9.17) is 0 Å². The van der Waals surface area contributed by atoms with Crippen molar-refractivity contribution in [1.29, 1.82) is 0 Å². The van der Waals surface area contributed by atoms with E-state index >= 15 is 0 Å². The van der Waals surface area contributed by atoms with Crippen molar-refractivity contribution in [2.75, 3.05) is 25.1 Å². The predicted molar refractivity (Wildman–Crippen MR) is 88.5 cm³/mol. The van der Waals surface area contributed by atoms with Gasteiger partial charge in [-0.05, 0) is 25.0 Å². The Balaban J connectivity index is 1.84. The second-order valence-electron chi connectivity index (χ2n) is 5.65. The first-order valence-corrected chi connectivity index (χ1v) is 7.85. The second kappa shape index (κ2) is 7.20. The zero-order valence-electron chi connectivity index (χ0n) is 13.7. The maximum absolute atomic E-state index is 11.8. The monoisotopic (exact) mass is 343 g/mol. The summed E-state index contributed by atoms with van der Waals surface area (Å²) in [7, 11) is 1.19. The van der Waals surface area contributed by atoms with Gasteiger partial charge in [0.05, 0.1) is 12.0 Å². The standard InChI is InChI=1S/C16H17N5O4/c1-25-16(22)12-3-8-19-15(13(12)21(23)24)20-9-4-11(5-10-20)14-17-6-2-7-18-14/h2-3,6-8,11H,4-5,9-10H2,1H3. The summed E-state index contributed by atoms with van der Waals surface area (Å²) < 4.78 is 4.64. The highest BCUT2D eigenvalue weighted by Crippen LogP contribution is 2.34. The summed E-state index contributed by atoms with van der Waals surface area (Å²) in [6.45, 7) is 1.14. The molecule has 0 spiro atoms. The van der Waals surface area contributed by atoms with Crippen LogP contribution in [0.25, 0.3) is 0 Å². The second-order valence-corrected chi connectivity index (χ2v) is 5.65. The maximum Gasteiger partial charge on any atom is 0.345 e. The average molecular weight is 343 g/mol. The number of carbonyl (C=O) groups excluding carboxylic acids is 1. The molecule has 0 unspecified atom stereocenters. The molecule has 3 heterocycles. The minimum absolute atomic E-state index is 0.0917. The molecule has 1 aliphatic rings. The van der Waals surface area contributed by atoms with Crippen LogP contribution in [0.1, 0.15) is 34.9 Å². The fraction of sp³-hybridized carbons (Fsp3) is 0.375. The van der Waals surface area contributed by atoms with Gasteiger partial charge in [-0.1, -0.05) is 0 Å². The molecular formula is C16H17N5O4. The van der Waals surface area contributed by atoms with Crippen LogP contribution in [0.5, 0.6) is 0 Å². The highest BCUT2D eigenvalue weighted by atomic mass is 16.6. The van der Waals surface area contributed by atoms with Gasteiger partial charge in [0.2, 0.25) is 5.82 Å². The van der Waals surface area contributed by atoms with Crippen LogP contribution in [-0.2, 0) is 4.74 Å². The summed E-state index contributed by atoms with van der Waals surface area (Å²) in [5, 5.41) is 11.5. The lowest BCUT2D eigenvalue weighted by molar-refractivity contribution is -0.384. The van der Waals surface area contributed by atoms with Crippen LogP contribution in [-0.4, -0.2) is 46.0 Å². The van der Waals surface area contributed by atoms with E-state index in [2.05, 4.69) is 19.7 Å². The van der Waals surface area contributed by atoms with Gasteiger partial charge < -0.3 is 9.64 Å². The number of esters is 1. The summed E-state index contributed by atoms with van der Waals surface area (Å²) in [5.41, 5.74) is -0.408. The number of piperidine rings is 1. The lowest BCUT2D eigenvalue weighted by Crippen LogP contribution is -2.34. The van der Waals surface area contributed by atoms with Crippen LogP contribution in [0, 0.1) is 10.1 Å². The van der Waals surface area contributed by atoms with Gasteiger partial charge in [0.25, 0.3) is 0 Å². The third-order valence-electron chi connectivity index (χ3n) is 4.24. The van der Waals surface area contributed by atoms with Crippen LogP contribution in [0.4, 0.5) is 11.5 Å². The molecule has 25 heavy (non-hydrogen) atoms. The van der Waals surface area contributed by atoms with Crippen molar-refractivity contribution in [3.63, 3.8) is 0 Å². The van der Waals surface area contributed by atoms with Gasteiger partial charge >= 0.3 is 11.7 Å². The molecule has 0 saturated carbocycles. The Labute approximate surface area is 143 Å². The minimum Gasteiger partial charge on any atom is -0.465 e. The molecule has 9 heteroatoms. The van der Waals surface area contributed by atoms with Crippen LogP contribution >= 0.6 is 0 Å². The number of methoxy groups -OCH3 is 1. The molecule has 0 bridgehead atoms. The number of rotatable bonds is 4. The lowest BCUT2D eigenvalue weighted by Gasteiger charge is -2.31. The minimum atomic E-state index is -0.747. The highest BCUT2D eigenvalue weighted by Gasteiger charge is 2.32. The first-order chi connectivity index (χ1) is 12.1. The van der Waals surface area contributed by atoms with E-state index in [-0.39, 0.29) is 23.0 Å². The number of hydrogen-bond acceptors (Lipinski definition) is 8. The largest absolute Gasteiger partial charge is 0.465 e. The van der Waals surface area contributed by atoms with E-state index in [1.165, 1.54) is 19.4 Å². The molecule has 130 valence electrons. The zero-order valence-corrected chi connectivity index (χ0v) is 13.7. The molecule has 0 aliphatic carbocycles. The zero-order chi connectivity index (χ0) is 17.8. The smallest absolute Gasteiger partial charge is 0.345 e. The Morgan fingerprint density at radius 2 is 1.92 bits per heavy atom. The van der Waals surface area contributed by atoms with E-state index < -0.39 is 10.9 Å². The Bertz CT molecular complexity index is 775. The molecule has 0 aromatic carbocycles. The Morgan fingerprint density at radius 1 is 1.24 bits per heavy atom. The van der Waals surface area contributed by atoms with Crippen LogP contribution in [0.15, 0.2) is 30.7 Å². The molecule has 2 aromatic heterocycles. The summed E-state index contributed by atoms with van der Waals surface area (Å²) in [4.78, 5) is 37.3. The van der Waals surface area contributed by atoms with E-state index in [0.717, 1.165) is 18.7 Å². The third-order valence-corrected chi connectivity index (χ3v) is 4.24. The van der Waals surface area contributed by atoms with Crippen LogP contribution in [0.3, 0.4) is 0 Å². The molecule has 9 nitrogen and oxygen atoms in total. The van der Waals surface area contributed by atoms with Gasteiger partial charge in [-0.25, -0.2) is 19.7 Å². The summed E-state index contributed by atoms with van der Waals surface area (Å²) in [5.74, 6) is 0.441. The number of hydrogen-bond donors (Lipinski definition) is 0. The molecular weight excluding hydrogens is 326 g/mol. The van der Waals surface area contributed by atoms with Gasteiger partial charge in [-0.15, -0.1) is 0 Å². The van der Waals surface area contributed by atoms with E-state index in [0.29, 0.717) is 13.1 Å². The van der Waals surface area contributed by atoms with Crippen molar-refractivity contribution in [1.82, 2.24) is 15.0 Å². The number of ether oxygens (including phenoxy) is 1. The van der Waals surface area contributed by atoms with Gasteiger partial charge in [-0.2, -0.15) is 0 Å². The topological polar surface area (TPSA) is 111 Å². The van der Waals surface area contributed by atoms with Crippen molar-refractivity contribution in [3.05, 3.63) is 52.2 Å². The first-order valence-electron chi connectivity index (χ1n) is 7.85. The average Bonchev–Trinajstić information content (AvgIpc) is 2.67. The van der Waals surface area contributed by atoms with Crippen molar-refractivity contribution < 1.29 is 14.5 Å². The van der Waals surface area contributed by atoms with E-state index in [1.807, 2.05) is 4.90 Å². The number of pyridine rings is 1. The maximum atomic E-state index is 11.8. The Morgan fingerprint density at radius 3 is 2.52 bits per heavy atom. The highest BCUT2D eigenvalue weighted by molar-refractivity contribution is 5.96. The number of nitrogens with zero attached hydrogens (tertiary/aromatic N) is 5. The molecule has 0 N–H and O–H groups in total. The van der Waals surface area contributed by atoms with Gasteiger partial charge in [0.1, 0.15) is 11.4 Å². The molecule has 3 rings (SSSR count). The molecule has 0 radical (unpaired) electrons. The number of anilines is 1. The molecule has 2 aromatic rings. The van der Waals surface area contributed by atoms with Crippen molar-refractivity contribution >= 4 is 17.5 Å². The van der Waals surface area contributed by atoms with Gasteiger partial charge in [0, 0.05) is 37.6 Å². The molecule has 1 fully saturated rings. The van der Waals surface area contributed by atoms with E-state index in [1.54, 1.807) is 18.5 Å². The van der Waals surface area contributed by atoms with Crippen LogP contribution in [0.2, 0.25) is 0 Å². The number of nitro groups is 1.